The van der Waals surface area contributed by atoms with E-state index in [4.69, 9.17) is 5.11 Å². The molecular weight excluding hydrogens is 282 g/mol. The standard InChI is InChI=1S/C9H15NO6S2/c11-9(12)5-10(7-1-2-7)18(15,16)8-3-4-17(13,14)6-8/h7-8H,1-6H2,(H,11,12). The first kappa shape index (κ1) is 13.8. The molecule has 1 N–H and O–H groups in total. The highest BCUT2D eigenvalue weighted by Crippen LogP contribution is 2.32. The molecule has 1 aliphatic heterocycles. The Morgan fingerprint density at radius 3 is 2.28 bits per heavy atom. The first-order chi connectivity index (χ1) is 8.22. The zero-order valence-corrected chi connectivity index (χ0v) is 11.3. The number of carboxylic acids is 1. The summed E-state index contributed by atoms with van der Waals surface area (Å²) in [6.07, 6.45) is 1.35. The summed E-state index contributed by atoms with van der Waals surface area (Å²) in [5.41, 5.74) is 0. The van der Waals surface area contributed by atoms with Crippen molar-refractivity contribution in [2.75, 3.05) is 18.1 Å². The third kappa shape index (κ3) is 2.83. The van der Waals surface area contributed by atoms with Gasteiger partial charge in [0, 0.05) is 6.04 Å². The molecule has 0 spiro atoms. The summed E-state index contributed by atoms with van der Waals surface area (Å²) in [7, 11) is -7.13. The fraction of sp³-hybridized carbons (Fsp3) is 0.889. The van der Waals surface area contributed by atoms with Crippen molar-refractivity contribution >= 4 is 25.8 Å². The van der Waals surface area contributed by atoms with Gasteiger partial charge in [0.25, 0.3) is 0 Å². The number of rotatable bonds is 5. The first-order valence-electron chi connectivity index (χ1n) is 5.65. The summed E-state index contributed by atoms with van der Waals surface area (Å²) in [6, 6.07) is -0.269. The Morgan fingerprint density at radius 1 is 1.28 bits per heavy atom. The number of sulfonamides is 1. The second kappa shape index (κ2) is 4.46. The molecule has 0 aromatic rings. The summed E-state index contributed by atoms with van der Waals surface area (Å²) in [5.74, 6) is -1.74. The van der Waals surface area contributed by atoms with Gasteiger partial charge in [-0.2, -0.15) is 4.31 Å². The van der Waals surface area contributed by atoms with E-state index in [1.165, 1.54) is 0 Å². The average Bonchev–Trinajstić information content (AvgIpc) is 2.98. The van der Waals surface area contributed by atoms with E-state index < -0.39 is 43.4 Å². The highest BCUT2D eigenvalue weighted by atomic mass is 32.2. The number of carboxylic acid groups (broad SMARTS) is 1. The lowest BCUT2D eigenvalue weighted by Crippen LogP contribution is -2.43. The summed E-state index contributed by atoms with van der Waals surface area (Å²) >= 11 is 0. The Kier molecular flexibility index (Phi) is 3.41. The maximum atomic E-state index is 12.2. The van der Waals surface area contributed by atoms with Crippen LogP contribution in [0, 0.1) is 0 Å². The maximum Gasteiger partial charge on any atom is 0.318 e. The van der Waals surface area contributed by atoms with E-state index in [9.17, 15) is 21.6 Å². The third-order valence-electron chi connectivity index (χ3n) is 3.18. The van der Waals surface area contributed by atoms with Crippen LogP contribution in [0.2, 0.25) is 0 Å². The molecule has 1 heterocycles. The van der Waals surface area contributed by atoms with Gasteiger partial charge in [0.1, 0.15) is 6.54 Å². The van der Waals surface area contributed by atoms with Crippen molar-refractivity contribution in [1.82, 2.24) is 4.31 Å². The predicted molar refractivity (Wildman–Crippen MR) is 63.3 cm³/mol. The van der Waals surface area contributed by atoms with Crippen molar-refractivity contribution in [3.63, 3.8) is 0 Å². The molecule has 9 heteroatoms. The first-order valence-corrected chi connectivity index (χ1v) is 8.98. The van der Waals surface area contributed by atoms with Crippen LogP contribution < -0.4 is 0 Å². The Bertz CT molecular complexity index is 548. The zero-order chi connectivity index (χ0) is 13.6. The van der Waals surface area contributed by atoms with Crippen molar-refractivity contribution in [1.29, 1.82) is 0 Å². The van der Waals surface area contributed by atoms with Gasteiger partial charge in [0.05, 0.1) is 16.8 Å². The summed E-state index contributed by atoms with van der Waals surface area (Å²) in [6.45, 7) is -0.580. The summed E-state index contributed by atoms with van der Waals surface area (Å²) in [5, 5.41) is 7.76. The number of hydrogen-bond acceptors (Lipinski definition) is 5. The van der Waals surface area contributed by atoms with E-state index in [0.717, 1.165) is 4.31 Å². The van der Waals surface area contributed by atoms with E-state index in [-0.39, 0.29) is 18.2 Å². The SMILES string of the molecule is O=C(O)CN(C1CC1)S(=O)(=O)C1CCS(=O)(=O)C1. The Morgan fingerprint density at radius 2 is 1.89 bits per heavy atom. The van der Waals surface area contributed by atoms with Gasteiger partial charge >= 0.3 is 5.97 Å². The van der Waals surface area contributed by atoms with Crippen molar-refractivity contribution in [3.05, 3.63) is 0 Å². The second-order valence-electron chi connectivity index (χ2n) is 4.74. The molecule has 7 nitrogen and oxygen atoms in total. The number of aliphatic carboxylic acids is 1. The lowest BCUT2D eigenvalue weighted by atomic mass is 10.4. The average molecular weight is 297 g/mol. The molecule has 0 amide bonds. The fourth-order valence-corrected chi connectivity index (χ4v) is 6.83. The van der Waals surface area contributed by atoms with Gasteiger partial charge in [0.2, 0.25) is 10.0 Å². The van der Waals surface area contributed by atoms with E-state index in [1.807, 2.05) is 0 Å². The van der Waals surface area contributed by atoms with Gasteiger partial charge in [-0.1, -0.05) is 0 Å². The van der Waals surface area contributed by atoms with Crippen molar-refractivity contribution in [2.45, 2.75) is 30.6 Å². The lowest BCUT2D eigenvalue weighted by Gasteiger charge is -2.23. The second-order valence-corrected chi connectivity index (χ2v) is 9.13. The fourth-order valence-electron chi connectivity index (χ4n) is 2.11. The zero-order valence-electron chi connectivity index (χ0n) is 9.65. The monoisotopic (exact) mass is 297 g/mol. The van der Waals surface area contributed by atoms with Crippen LogP contribution in [0.4, 0.5) is 0 Å². The normalized spacial score (nSPS) is 27.5. The molecule has 1 saturated carbocycles. The molecule has 1 atom stereocenters. The molecule has 1 aliphatic carbocycles. The topological polar surface area (TPSA) is 109 Å². The molecule has 104 valence electrons. The molecule has 2 aliphatic rings. The van der Waals surface area contributed by atoms with Gasteiger partial charge in [0.15, 0.2) is 9.84 Å². The van der Waals surface area contributed by atoms with E-state index in [1.54, 1.807) is 0 Å². The van der Waals surface area contributed by atoms with Crippen LogP contribution in [-0.2, 0) is 24.7 Å². The third-order valence-corrected chi connectivity index (χ3v) is 7.49. The molecule has 0 aromatic heterocycles. The number of hydrogen-bond donors (Lipinski definition) is 1. The van der Waals surface area contributed by atoms with Crippen molar-refractivity contribution < 1.29 is 26.7 Å². The van der Waals surface area contributed by atoms with E-state index in [2.05, 4.69) is 0 Å². The van der Waals surface area contributed by atoms with Crippen LogP contribution in [0.5, 0.6) is 0 Å². The number of sulfone groups is 1. The number of nitrogens with zero attached hydrogens (tertiary/aromatic N) is 1. The largest absolute Gasteiger partial charge is 0.480 e. The highest BCUT2D eigenvalue weighted by molar-refractivity contribution is 7.95. The van der Waals surface area contributed by atoms with Crippen LogP contribution in [0.25, 0.3) is 0 Å². The van der Waals surface area contributed by atoms with Crippen molar-refractivity contribution in [3.8, 4) is 0 Å². The van der Waals surface area contributed by atoms with Crippen LogP contribution in [-0.4, -0.2) is 61.6 Å². The molecule has 0 bridgehead atoms. The van der Waals surface area contributed by atoms with Crippen LogP contribution >= 0.6 is 0 Å². The van der Waals surface area contributed by atoms with E-state index in [0.29, 0.717) is 12.8 Å². The number of carbonyl (C=O) groups is 1. The molecular formula is C9H15NO6S2. The van der Waals surface area contributed by atoms with E-state index >= 15 is 0 Å². The molecule has 0 radical (unpaired) electrons. The molecule has 2 rings (SSSR count). The Hall–Kier alpha value is -0.670. The minimum atomic E-state index is -3.83. The maximum absolute atomic E-state index is 12.2. The molecule has 1 unspecified atom stereocenters. The van der Waals surface area contributed by atoms with Gasteiger partial charge in [-0.25, -0.2) is 16.8 Å². The minimum Gasteiger partial charge on any atom is -0.480 e. The molecule has 1 saturated heterocycles. The smallest absolute Gasteiger partial charge is 0.318 e. The van der Waals surface area contributed by atoms with Gasteiger partial charge in [-0.15, -0.1) is 0 Å². The van der Waals surface area contributed by atoms with Crippen LogP contribution in [0.3, 0.4) is 0 Å². The predicted octanol–water partition coefficient (Wildman–Crippen LogP) is -0.948. The Balaban J connectivity index is 2.20. The molecule has 18 heavy (non-hydrogen) atoms. The van der Waals surface area contributed by atoms with Crippen LogP contribution in [0.1, 0.15) is 19.3 Å². The van der Waals surface area contributed by atoms with Crippen molar-refractivity contribution in [2.24, 2.45) is 0 Å². The lowest BCUT2D eigenvalue weighted by molar-refractivity contribution is -0.137. The molecule has 2 fully saturated rings. The van der Waals surface area contributed by atoms with Gasteiger partial charge in [-0.3, -0.25) is 4.79 Å². The van der Waals surface area contributed by atoms with Crippen LogP contribution in [0.15, 0.2) is 0 Å². The Labute approximate surface area is 106 Å². The minimum absolute atomic E-state index is 0.0630. The van der Waals surface area contributed by atoms with Gasteiger partial charge < -0.3 is 5.11 Å². The van der Waals surface area contributed by atoms with Gasteiger partial charge in [-0.05, 0) is 19.3 Å². The quantitative estimate of drug-likeness (QED) is 0.701. The molecule has 0 aromatic carbocycles. The summed E-state index contributed by atoms with van der Waals surface area (Å²) in [4.78, 5) is 10.7. The highest BCUT2D eigenvalue weighted by Gasteiger charge is 2.46. The summed E-state index contributed by atoms with van der Waals surface area (Å²) < 4.78 is 48.1.